The van der Waals surface area contributed by atoms with Crippen LogP contribution in [0.4, 0.5) is 17.2 Å². The average molecular weight is 460 g/mol. The molecule has 1 aromatic heterocycles. The van der Waals surface area contributed by atoms with Gasteiger partial charge in [0, 0.05) is 37.0 Å². The molecule has 1 aliphatic rings. The summed E-state index contributed by atoms with van der Waals surface area (Å²) >= 11 is 0. The fourth-order valence-electron chi connectivity index (χ4n) is 3.89. The van der Waals surface area contributed by atoms with E-state index in [2.05, 4.69) is 25.7 Å². The molecule has 0 atom stereocenters. The second kappa shape index (κ2) is 11.3. The number of benzene rings is 2. The van der Waals surface area contributed by atoms with Crippen LogP contribution in [0.5, 0.6) is 5.75 Å². The second-order valence-corrected chi connectivity index (χ2v) is 8.30. The number of aromatic nitrogens is 2. The van der Waals surface area contributed by atoms with Crippen molar-refractivity contribution in [2.75, 3.05) is 35.2 Å². The highest BCUT2D eigenvalue weighted by Gasteiger charge is 2.12. The molecule has 176 valence electrons. The van der Waals surface area contributed by atoms with Crippen LogP contribution >= 0.6 is 0 Å². The molecule has 1 aliphatic heterocycles. The Morgan fingerprint density at radius 2 is 1.65 bits per heavy atom. The Labute approximate surface area is 199 Å². The lowest BCUT2D eigenvalue weighted by Crippen LogP contribution is -2.25. The molecule has 34 heavy (non-hydrogen) atoms. The molecule has 0 radical (unpaired) electrons. The molecule has 1 fully saturated rings. The van der Waals surface area contributed by atoms with E-state index in [0.717, 1.165) is 30.2 Å². The van der Waals surface area contributed by atoms with Crippen molar-refractivity contribution in [3.63, 3.8) is 0 Å². The Morgan fingerprint density at radius 1 is 0.882 bits per heavy atom. The van der Waals surface area contributed by atoms with Crippen LogP contribution in [0.3, 0.4) is 0 Å². The molecule has 0 spiro atoms. The lowest BCUT2D eigenvalue weighted by molar-refractivity contribution is -0.118. The highest BCUT2D eigenvalue weighted by Crippen LogP contribution is 2.23. The van der Waals surface area contributed by atoms with Gasteiger partial charge in [-0.05, 0) is 61.4 Å². The first-order valence-corrected chi connectivity index (χ1v) is 11.6. The van der Waals surface area contributed by atoms with Gasteiger partial charge in [0.1, 0.15) is 5.75 Å². The van der Waals surface area contributed by atoms with Crippen LogP contribution in [0.15, 0.2) is 60.7 Å². The van der Waals surface area contributed by atoms with Crippen LogP contribution in [0.25, 0.3) is 11.3 Å². The van der Waals surface area contributed by atoms with Gasteiger partial charge in [-0.25, -0.2) is 0 Å². The Balaban J connectivity index is 1.33. The smallest absolute Gasteiger partial charge is 0.262 e. The van der Waals surface area contributed by atoms with Crippen molar-refractivity contribution in [1.29, 1.82) is 0 Å². The fraction of sp³-hybridized carbons (Fsp3) is 0.308. The van der Waals surface area contributed by atoms with Crippen LogP contribution in [0.1, 0.15) is 32.6 Å². The van der Waals surface area contributed by atoms with Gasteiger partial charge in [-0.1, -0.05) is 25.0 Å². The van der Waals surface area contributed by atoms with E-state index >= 15 is 0 Å². The SMILES string of the molecule is CC(=O)Nc1ccc(OCC(=O)Nc2cccc(-c3ccc(N4CCCCCC4)nn3)c2)cc1. The molecular weight excluding hydrogens is 430 g/mol. The number of hydrogen-bond donors (Lipinski definition) is 2. The van der Waals surface area contributed by atoms with Gasteiger partial charge in [-0.2, -0.15) is 0 Å². The summed E-state index contributed by atoms with van der Waals surface area (Å²) in [5.74, 6) is 1.04. The molecule has 0 bridgehead atoms. The monoisotopic (exact) mass is 459 g/mol. The Kier molecular flexibility index (Phi) is 7.70. The lowest BCUT2D eigenvalue weighted by atomic mass is 10.1. The van der Waals surface area contributed by atoms with Crippen molar-refractivity contribution in [2.45, 2.75) is 32.6 Å². The van der Waals surface area contributed by atoms with Gasteiger partial charge < -0.3 is 20.3 Å². The van der Waals surface area contributed by atoms with E-state index in [-0.39, 0.29) is 18.4 Å². The van der Waals surface area contributed by atoms with E-state index in [9.17, 15) is 9.59 Å². The maximum absolute atomic E-state index is 12.4. The molecule has 0 aliphatic carbocycles. The number of hydrogen-bond acceptors (Lipinski definition) is 6. The number of nitrogens with zero attached hydrogens (tertiary/aromatic N) is 3. The molecule has 8 nitrogen and oxygen atoms in total. The number of amides is 2. The molecular formula is C26H29N5O3. The number of carbonyl (C=O) groups excluding carboxylic acids is 2. The normalized spacial score (nSPS) is 13.6. The second-order valence-electron chi connectivity index (χ2n) is 8.30. The summed E-state index contributed by atoms with van der Waals surface area (Å²) in [7, 11) is 0. The molecule has 3 aromatic rings. The van der Waals surface area contributed by atoms with Crippen LogP contribution in [-0.4, -0.2) is 41.7 Å². The molecule has 2 amide bonds. The van der Waals surface area contributed by atoms with E-state index in [4.69, 9.17) is 4.74 Å². The van der Waals surface area contributed by atoms with E-state index < -0.39 is 0 Å². The van der Waals surface area contributed by atoms with Gasteiger partial charge in [0.2, 0.25) is 5.91 Å². The van der Waals surface area contributed by atoms with Crippen molar-refractivity contribution >= 4 is 29.0 Å². The van der Waals surface area contributed by atoms with E-state index in [0.29, 0.717) is 17.1 Å². The van der Waals surface area contributed by atoms with E-state index in [1.165, 1.54) is 32.6 Å². The fourth-order valence-corrected chi connectivity index (χ4v) is 3.89. The van der Waals surface area contributed by atoms with Gasteiger partial charge in [0.15, 0.2) is 12.4 Å². The molecule has 0 saturated carbocycles. The Bertz CT molecular complexity index is 1110. The highest BCUT2D eigenvalue weighted by molar-refractivity contribution is 5.92. The zero-order valence-corrected chi connectivity index (χ0v) is 19.3. The minimum atomic E-state index is -0.273. The Hall–Kier alpha value is -3.94. The van der Waals surface area contributed by atoms with Gasteiger partial charge >= 0.3 is 0 Å². The quantitative estimate of drug-likeness (QED) is 0.540. The summed E-state index contributed by atoms with van der Waals surface area (Å²) in [5.41, 5.74) is 2.96. The number of carbonyl (C=O) groups is 2. The lowest BCUT2D eigenvalue weighted by Gasteiger charge is -2.20. The zero-order chi connectivity index (χ0) is 23.8. The molecule has 2 N–H and O–H groups in total. The van der Waals surface area contributed by atoms with Crippen molar-refractivity contribution in [3.8, 4) is 17.0 Å². The number of anilines is 3. The molecule has 2 aromatic carbocycles. The molecule has 1 saturated heterocycles. The minimum absolute atomic E-state index is 0.131. The summed E-state index contributed by atoms with van der Waals surface area (Å²) in [6.45, 7) is 3.37. The first kappa shape index (κ1) is 23.2. The van der Waals surface area contributed by atoms with Crippen LogP contribution in [0.2, 0.25) is 0 Å². The van der Waals surface area contributed by atoms with Gasteiger partial charge in [-0.3, -0.25) is 9.59 Å². The third-order valence-electron chi connectivity index (χ3n) is 5.57. The maximum Gasteiger partial charge on any atom is 0.262 e. The first-order chi connectivity index (χ1) is 16.6. The van der Waals surface area contributed by atoms with Crippen LogP contribution < -0.4 is 20.3 Å². The minimum Gasteiger partial charge on any atom is -0.484 e. The van der Waals surface area contributed by atoms with Gasteiger partial charge in [0.05, 0.1) is 5.69 Å². The summed E-state index contributed by atoms with van der Waals surface area (Å²) in [5, 5.41) is 14.4. The summed E-state index contributed by atoms with van der Waals surface area (Å²) in [4.78, 5) is 25.8. The summed E-state index contributed by atoms with van der Waals surface area (Å²) in [6, 6.07) is 18.3. The van der Waals surface area contributed by atoms with Gasteiger partial charge in [0.25, 0.3) is 5.91 Å². The predicted molar refractivity (Wildman–Crippen MR) is 133 cm³/mol. The number of ether oxygens (including phenoxy) is 1. The third-order valence-corrected chi connectivity index (χ3v) is 5.57. The molecule has 8 heteroatoms. The summed E-state index contributed by atoms with van der Waals surface area (Å²) < 4.78 is 5.54. The summed E-state index contributed by atoms with van der Waals surface area (Å²) in [6.07, 6.45) is 4.93. The zero-order valence-electron chi connectivity index (χ0n) is 19.3. The van der Waals surface area contributed by atoms with Crippen LogP contribution in [0, 0.1) is 0 Å². The van der Waals surface area contributed by atoms with Gasteiger partial charge in [-0.15, -0.1) is 10.2 Å². The number of nitrogens with one attached hydrogen (secondary N) is 2. The van der Waals surface area contributed by atoms with Crippen molar-refractivity contribution in [2.24, 2.45) is 0 Å². The predicted octanol–water partition coefficient (Wildman–Crippen LogP) is 4.50. The third kappa shape index (κ3) is 6.54. The van der Waals surface area contributed by atoms with E-state index in [1.807, 2.05) is 36.4 Å². The Morgan fingerprint density at radius 3 is 2.32 bits per heavy atom. The van der Waals surface area contributed by atoms with Crippen LogP contribution in [-0.2, 0) is 9.59 Å². The molecule has 0 unspecified atom stereocenters. The standard InChI is InChI=1S/C26H29N5O3/c1-19(32)27-21-9-11-23(12-10-21)34-18-26(33)28-22-8-6-7-20(17-22)24-13-14-25(30-29-24)31-15-4-2-3-5-16-31/h6-14,17H,2-5,15-16,18H2,1H3,(H,27,32)(H,28,33). The topological polar surface area (TPSA) is 96.4 Å². The number of rotatable bonds is 7. The largest absolute Gasteiger partial charge is 0.484 e. The van der Waals surface area contributed by atoms with Crippen molar-refractivity contribution < 1.29 is 14.3 Å². The van der Waals surface area contributed by atoms with Crippen molar-refractivity contribution in [3.05, 3.63) is 60.7 Å². The molecule has 2 heterocycles. The average Bonchev–Trinajstić information content (AvgIpc) is 3.13. The first-order valence-electron chi connectivity index (χ1n) is 11.6. The molecule has 4 rings (SSSR count). The van der Waals surface area contributed by atoms with Crippen molar-refractivity contribution in [1.82, 2.24) is 10.2 Å². The maximum atomic E-state index is 12.4. The van der Waals surface area contributed by atoms with E-state index in [1.54, 1.807) is 24.3 Å². The highest BCUT2D eigenvalue weighted by atomic mass is 16.5.